The highest BCUT2D eigenvalue weighted by Gasteiger charge is 2.14. The van der Waals surface area contributed by atoms with Crippen LogP contribution in [0.1, 0.15) is 18.1 Å². The molecule has 0 spiro atoms. The number of halogens is 2. The van der Waals surface area contributed by atoms with E-state index >= 15 is 0 Å². The summed E-state index contributed by atoms with van der Waals surface area (Å²) in [6.45, 7) is 5.08. The molecule has 0 saturated heterocycles. The molecule has 0 amide bonds. The summed E-state index contributed by atoms with van der Waals surface area (Å²) in [7, 11) is 0. The standard InChI is InChI=1S/C15H16F2N2/c1-3-18-7-11-6-12(9-19-8-11)14-13(16)5-4-10(2)15(14)17/h4-6,8-9,18H,3,7H2,1-2H3. The third-order valence-corrected chi connectivity index (χ3v) is 2.95. The van der Waals surface area contributed by atoms with Gasteiger partial charge in [-0.3, -0.25) is 4.98 Å². The molecule has 0 fully saturated rings. The van der Waals surface area contributed by atoms with E-state index in [1.165, 1.54) is 18.3 Å². The van der Waals surface area contributed by atoms with E-state index in [2.05, 4.69) is 10.3 Å². The monoisotopic (exact) mass is 262 g/mol. The minimum atomic E-state index is -0.564. The molecule has 2 rings (SSSR count). The molecule has 0 aliphatic carbocycles. The van der Waals surface area contributed by atoms with Crippen LogP contribution in [0.15, 0.2) is 30.6 Å². The Hall–Kier alpha value is -1.81. The molecule has 19 heavy (non-hydrogen) atoms. The summed E-state index contributed by atoms with van der Waals surface area (Å²) in [4.78, 5) is 4.05. The van der Waals surface area contributed by atoms with Crippen LogP contribution in [0.5, 0.6) is 0 Å². The minimum absolute atomic E-state index is 0.00847. The van der Waals surface area contributed by atoms with Crippen molar-refractivity contribution in [3.8, 4) is 11.1 Å². The third-order valence-electron chi connectivity index (χ3n) is 2.95. The molecule has 0 saturated carbocycles. The maximum atomic E-state index is 14.0. The molecule has 1 heterocycles. The van der Waals surface area contributed by atoms with E-state index in [1.54, 1.807) is 19.2 Å². The highest BCUT2D eigenvalue weighted by atomic mass is 19.1. The molecule has 2 aromatic rings. The number of hydrogen-bond acceptors (Lipinski definition) is 2. The molecule has 1 aromatic carbocycles. The van der Waals surface area contributed by atoms with Gasteiger partial charge in [-0.25, -0.2) is 8.78 Å². The topological polar surface area (TPSA) is 24.9 Å². The van der Waals surface area contributed by atoms with Crippen molar-refractivity contribution in [1.29, 1.82) is 0 Å². The van der Waals surface area contributed by atoms with Crippen molar-refractivity contribution < 1.29 is 8.78 Å². The Morgan fingerprint density at radius 3 is 2.74 bits per heavy atom. The van der Waals surface area contributed by atoms with Crippen molar-refractivity contribution in [3.05, 3.63) is 53.4 Å². The largest absolute Gasteiger partial charge is 0.313 e. The molecule has 0 aliphatic heterocycles. The van der Waals surface area contributed by atoms with Crippen molar-refractivity contribution in [2.75, 3.05) is 6.54 Å². The number of nitrogens with one attached hydrogen (secondary N) is 1. The Labute approximate surface area is 111 Å². The van der Waals surface area contributed by atoms with Crippen LogP contribution in [0.3, 0.4) is 0 Å². The Kier molecular flexibility index (Phi) is 4.22. The average molecular weight is 262 g/mol. The van der Waals surface area contributed by atoms with E-state index in [0.29, 0.717) is 17.7 Å². The van der Waals surface area contributed by atoms with Gasteiger partial charge in [0, 0.05) is 24.5 Å². The van der Waals surface area contributed by atoms with Crippen LogP contribution in [0.4, 0.5) is 8.78 Å². The Bertz CT molecular complexity index is 582. The lowest BCUT2D eigenvalue weighted by Gasteiger charge is -2.09. The molecule has 0 bridgehead atoms. The zero-order valence-electron chi connectivity index (χ0n) is 11.0. The Morgan fingerprint density at radius 2 is 2.00 bits per heavy atom. The van der Waals surface area contributed by atoms with E-state index < -0.39 is 11.6 Å². The van der Waals surface area contributed by atoms with Crippen LogP contribution in [-0.4, -0.2) is 11.5 Å². The molecule has 0 unspecified atom stereocenters. The van der Waals surface area contributed by atoms with Gasteiger partial charge >= 0.3 is 0 Å². The van der Waals surface area contributed by atoms with E-state index in [0.717, 1.165) is 12.1 Å². The second-order valence-electron chi connectivity index (χ2n) is 4.42. The number of benzene rings is 1. The van der Waals surface area contributed by atoms with E-state index in [-0.39, 0.29) is 5.56 Å². The van der Waals surface area contributed by atoms with Gasteiger partial charge in [0.2, 0.25) is 0 Å². The van der Waals surface area contributed by atoms with Crippen LogP contribution < -0.4 is 5.32 Å². The number of aromatic nitrogens is 1. The maximum absolute atomic E-state index is 14.0. The van der Waals surface area contributed by atoms with E-state index in [9.17, 15) is 8.78 Å². The lowest BCUT2D eigenvalue weighted by molar-refractivity contribution is 0.583. The molecule has 0 atom stereocenters. The molecule has 4 heteroatoms. The number of hydrogen-bond donors (Lipinski definition) is 1. The predicted octanol–water partition coefficient (Wildman–Crippen LogP) is 3.44. The molecular weight excluding hydrogens is 246 g/mol. The fourth-order valence-electron chi connectivity index (χ4n) is 1.91. The summed E-state index contributed by atoms with van der Waals surface area (Å²) in [6.07, 6.45) is 3.17. The first-order chi connectivity index (χ1) is 9.13. The van der Waals surface area contributed by atoms with E-state index in [4.69, 9.17) is 0 Å². The second-order valence-corrected chi connectivity index (χ2v) is 4.42. The fourth-order valence-corrected chi connectivity index (χ4v) is 1.91. The molecular formula is C15H16F2N2. The summed E-state index contributed by atoms with van der Waals surface area (Å²) >= 11 is 0. The van der Waals surface area contributed by atoms with Gasteiger partial charge in [-0.2, -0.15) is 0 Å². The molecule has 1 N–H and O–H groups in total. The summed E-state index contributed by atoms with van der Waals surface area (Å²) in [5.41, 5.74) is 1.79. The van der Waals surface area contributed by atoms with Crippen LogP contribution in [-0.2, 0) is 6.54 Å². The Morgan fingerprint density at radius 1 is 1.21 bits per heavy atom. The van der Waals surface area contributed by atoms with Crippen LogP contribution in [0, 0.1) is 18.6 Å². The van der Waals surface area contributed by atoms with Crippen molar-refractivity contribution in [2.45, 2.75) is 20.4 Å². The minimum Gasteiger partial charge on any atom is -0.313 e. The predicted molar refractivity (Wildman–Crippen MR) is 71.7 cm³/mol. The molecule has 1 aromatic heterocycles. The van der Waals surface area contributed by atoms with Crippen molar-refractivity contribution in [2.24, 2.45) is 0 Å². The fraction of sp³-hybridized carbons (Fsp3) is 0.267. The normalized spacial score (nSPS) is 10.7. The summed E-state index contributed by atoms with van der Waals surface area (Å²) in [5, 5.41) is 3.16. The lowest BCUT2D eigenvalue weighted by atomic mass is 10.0. The quantitative estimate of drug-likeness (QED) is 0.913. The third kappa shape index (κ3) is 2.96. The molecule has 0 radical (unpaired) electrons. The number of aryl methyl sites for hydroxylation is 1. The van der Waals surface area contributed by atoms with Gasteiger partial charge in [0.05, 0.1) is 5.56 Å². The van der Waals surface area contributed by atoms with Crippen LogP contribution >= 0.6 is 0 Å². The van der Waals surface area contributed by atoms with Gasteiger partial charge in [0.1, 0.15) is 11.6 Å². The van der Waals surface area contributed by atoms with Gasteiger partial charge in [0.25, 0.3) is 0 Å². The van der Waals surface area contributed by atoms with Gasteiger partial charge in [-0.05, 0) is 36.7 Å². The smallest absolute Gasteiger partial charge is 0.136 e. The first-order valence-corrected chi connectivity index (χ1v) is 6.23. The second kappa shape index (κ2) is 5.89. The number of nitrogens with zero attached hydrogens (tertiary/aromatic N) is 1. The summed E-state index contributed by atoms with van der Waals surface area (Å²) in [6, 6.07) is 4.48. The first kappa shape index (κ1) is 13.6. The SMILES string of the molecule is CCNCc1cncc(-c2c(F)ccc(C)c2F)c1. The molecule has 0 aliphatic rings. The number of pyridine rings is 1. The summed E-state index contributed by atoms with van der Waals surface area (Å²) < 4.78 is 27.9. The summed E-state index contributed by atoms with van der Waals surface area (Å²) in [5.74, 6) is -1.09. The van der Waals surface area contributed by atoms with Crippen molar-refractivity contribution in [1.82, 2.24) is 10.3 Å². The lowest BCUT2D eigenvalue weighted by Crippen LogP contribution is -2.11. The molecule has 100 valence electrons. The van der Waals surface area contributed by atoms with Crippen molar-refractivity contribution in [3.63, 3.8) is 0 Å². The number of rotatable bonds is 4. The first-order valence-electron chi connectivity index (χ1n) is 6.23. The zero-order chi connectivity index (χ0) is 13.8. The van der Waals surface area contributed by atoms with Crippen LogP contribution in [0.2, 0.25) is 0 Å². The maximum Gasteiger partial charge on any atom is 0.136 e. The molecule has 2 nitrogen and oxygen atoms in total. The van der Waals surface area contributed by atoms with E-state index in [1.807, 2.05) is 6.92 Å². The highest BCUT2D eigenvalue weighted by molar-refractivity contribution is 5.65. The highest BCUT2D eigenvalue weighted by Crippen LogP contribution is 2.27. The van der Waals surface area contributed by atoms with Gasteiger partial charge in [-0.15, -0.1) is 0 Å². The van der Waals surface area contributed by atoms with Gasteiger partial charge in [0.15, 0.2) is 0 Å². The van der Waals surface area contributed by atoms with Gasteiger partial charge in [-0.1, -0.05) is 13.0 Å². The zero-order valence-corrected chi connectivity index (χ0v) is 11.0. The average Bonchev–Trinajstić information content (AvgIpc) is 2.42. The van der Waals surface area contributed by atoms with Gasteiger partial charge < -0.3 is 5.32 Å². The Balaban J connectivity index is 2.44. The van der Waals surface area contributed by atoms with Crippen molar-refractivity contribution >= 4 is 0 Å². The van der Waals surface area contributed by atoms with Crippen LogP contribution in [0.25, 0.3) is 11.1 Å².